The lowest BCUT2D eigenvalue weighted by Crippen LogP contribution is -2.45. The number of ether oxygens (including phenoxy) is 2. The van der Waals surface area contributed by atoms with E-state index in [0.717, 1.165) is 5.56 Å². The van der Waals surface area contributed by atoms with Gasteiger partial charge in [0.05, 0.1) is 28.7 Å². The van der Waals surface area contributed by atoms with Gasteiger partial charge in [0, 0.05) is 17.5 Å². The van der Waals surface area contributed by atoms with E-state index in [1.165, 1.54) is 12.0 Å². The lowest BCUT2D eigenvalue weighted by molar-refractivity contribution is -0.141. The Balaban J connectivity index is 2.18. The highest BCUT2D eigenvalue weighted by Gasteiger charge is 2.37. The molecule has 0 fully saturated rings. The van der Waals surface area contributed by atoms with Crippen LogP contribution in [-0.2, 0) is 20.9 Å². The molecule has 1 heterocycles. The van der Waals surface area contributed by atoms with Gasteiger partial charge >= 0.3 is 5.97 Å². The molecule has 0 saturated carbocycles. The van der Waals surface area contributed by atoms with Crippen LogP contribution < -0.4 is 10.5 Å². The quantitative estimate of drug-likeness (QED) is 0.528. The van der Waals surface area contributed by atoms with E-state index in [-0.39, 0.29) is 30.3 Å². The molecule has 153 valence electrons. The maximum Gasteiger partial charge on any atom is 0.305 e. The highest BCUT2D eigenvalue weighted by molar-refractivity contribution is 6.60. The number of fused-ring (bicyclic) bond motifs is 1. The van der Waals surface area contributed by atoms with Gasteiger partial charge in [-0.15, -0.1) is 0 Å². The van der Waals surface area contributed by atoms with E-state index in [1.807, 2.05) is 6.07 Å². The van der Waals surface area contributed by atoms with Crippen LogP contribution in [-0.4, -0.2) is 50.9 Å². The fourth-order valence-corrected chi connectivity index (χ4v) is 3.73. The molecule has 1 atom stereocenters. The van der Waals surface area contributed by atoms with Crippen LogP contribution in [0.5, 0.6) is 5.75 Å². The summed E-state index contributed by atoms with van der Waals surface area (Å²) in [6.07, 6.45) is 0.769. The Labute approximate surface area is 167 Å². The zero-order valence-electron chi connectivity index (χ0n) is 17.2. The third-order valence-corrected chi connectivity index (χ3v) is 8.37. The Morgan fingerprint density at radius 3 is 2.57 bits per heavy atom. The molecule has 0 aliphatic carbocycles. The number of methoxy groups -OCH3 is 1. The molecule has 2 rings (SSSR count). The molecule has 7 nitrogen and oxygen atoms in total. The van der Waals surface area contributed by atoms with Gasteiger partial charge in [0.1, 0.15) is 11.8 Å². The molecule has 0 saturated heterocycles. The molecule has 2 amide bonds. The van der Waals surface area contributed by atoms with Crippen LogP contribution >= 0.6 is 0 Å². The molecule has 1 aliphatic heterocycles. The third kappa shape index (κ3) is 4.92. The summed E-state index contributed by atoms with van der Waals surface area (Å²) in [7, 11) is 0.538. The fraction of sp³-hybridized carbons (Fsp3) is 0.550. The molecule has 8 heteroatoms. The first-order valence-corrected chi connectivity index (χ1v) is 11.5. The minimum absolute atomic E-state index is 0.0147. The van der Waals surface area contributed by atoms with Gasteiger partial charge in [-0.3, -0.25) is 14.4 Å². The van der Waals surface area contributed by atoms with E-state index in [2.05, 4.69) is 32.1 Å². The molecule has 0 aromatic heterocycles. The standard InChI is InChI=1S/C20H29N2O5Si/c1-20(2,3)28(5)12-27-16-8-6-7-13-14(16)11-22(19(13)25)15(18(21)24)9-10-17(23)26-4/h6-8,15H,9-12H2,1-5H3,(H2,21,24). The maximum atomic E-state index is 12.9. The Morgan fingerprint density at radius 1 is 1.32 bits per heavy atom. The van der Waals surface area contributed by atoms with Gasteiger partial charge < -0.3 is 20.1 Å². The lowest BCUT2D eigenvalue weighted by atomic mass is 10.1. The molecule has 2 N–H and O–H groups in total. The van der Waals surface area contributed by atoms with Crippen molar-refractivity contribution < 1.29 is 23.9 Å². The molecular formula is C20H29N2O5Si. The summed E-state index contributed by atoms with van der Waals surface area (Å²) in [6, 6.07) is 4.49. The highest BCUT2D eigenvalue weighted by Crippen LogP contribution is 2.34. The number of benzene rings is 1. The Bertz CT molecular complexity index is 759. The van der Waals surface area contributed by atoms with Crippen LogP contribution in [0, 0.1) is 0 Å². The molecular weight excluding hydrogens is 376 g/mol. The number of carbonyl (C=O) groups is 3. The number of nitrogens with two attached hydrogens (primary N) is 1. The van der Waals surface area contributed by atoms with E-state index >= 15 is 0 Å². The van der Waals surface area contributed by atoms with Crippen molar-refractivity contribution >= 4 is 26.6 Å². The number of hydrogen-bond acceptors (Lipinski definition) is 5. The van der Waals surface area contributed by atoms with Crippen molar-refractivity contribution in [2.24, 2.45) is 5.73 Å². The maximum absolute atomic E-state index is 12.9. The fourth-order valence-electron chi connectivity index (χ4n) is 2.92. The van der Waals surface area contributed by atoms with Crippen molar-refractivity contribution in [3.63, 3.8) is 0 Å². The summed E-state index contributed by atoms with van der Waals surface area (Å²) < 4.78 is 10.7. The van der Waals surface area contributed by atoms with Crippen LogP contribution in [0.25, 0.3) is 0 Å². The zero-order chi connectivity index (χ0) is 21.1. The van der Waals surface area contributed by atoms with Crippen LogP contribution in [0.2, 0.25) is 11.6 Å². The molecule has 0 bridgehead atoms. The average Bonchev–Trinajstić information content (AvgIpc) is 2.96. The van der Waals surface area contributed by atoms with E-state index in [1.54, 1.807) is 12.1 Å². The van der Waals surface area contributed by atoms with E-state index < -0.39 is 26.7 Å². The highest BCUT2D eigenvalue weighted by atomic mass is 28.3. The first kappa shape index (κ1) is 21.9. The number of esters is 1. The smallest absolute Gasteiger partial charge is 0.305 e. The normalized spacial score (nSPS) is 14.8. The third-order valence-electron chi connectivity index (χ3n) is 5.23. The summed E-state index contributed by atoms with van der Waals surface area (Å²) in [4.78, 5) is 37.7. The Kier molecular flexibility index (Phi) is 6.87. The van der Waals surface area contributed by atoms with Crippen LogP contribution in [0.4, 0.5) is 0 Å². The molecule has 28 heavy (non-hydrogen) atoms. The largest absolute Gasteiger partial charge is 0.497 e. The molecule has 1 aromatic rings. The van der Waals surface area contributed by atoms with Gasteiger partial charge in [-0.05, 0) is 23.6 Å². The van der Waals surface area contributed by atoms with Crippen LogP contribution in [0.15, 0.2) is 18.2 Å². The molecule has 1 radical (unpaired) electrons. The van der Waals surface area contributed by atoms with Crippen molar-refractivity contribution in [1.29, 1.82) is 0 Å². The minimum Gasteiger partial charge on any atom is -0.497 e. The predicted octanol–water partition coefficient (Wildman–Crippen LogP) is 2.29. The van der Waals surface area contributed by atoms with Crippen molar-refractivity contribution in [3.05, 3.63) is 29.3 Å². The van der Waals surface area contributed by atoms with Gasteiger partial charge in [0.15, 0.2) is 0 Å². The lowest BCUT2D eigenvalue weighted by Gasteiger charge is -2.26. The second kappa shape index (κ2) is 8.77. The minimum atomic E-state index is -0.868. The number of carbonyl (C=O) groups excluding carboxylic acids is 3. The van der Waals surface area contributed by atoms with Crippen molar-refractivity contribution in [3.8, 4) is 5.75 Å². The Morgan fingerprint density at radius 2 is 2.00 bits per heavy atom. The first-order valence-electron chi connectivity index (χ1n) is 9.31. The van der Waals surface area contributed by atoms with Crippen LogP contribution in [0.1, 0.15) is 49.5 Å². The molecule has 1 aromatic carbocycles. The van der Waals surface area contributed by atoms with Crippen molar-refractivity contribution in [1.82, 2.24) is 4.90 Å². The first-order chi connectivity index (χ1) is 13.1. The van der Waals surface area contributed by atoms with Gasteiger partial charge in [0.25, 0.3) is 5.91 Å². The SMILES string of the molecule is COC(=O)CCC(C(N)=O)N1Cc2c(OC[Si](C)C(C)(C)C)cccc2C1=O. The number of rotatable bonds is 8. The second-order valence-electron chi connectivity index (χ2n) is 8.07. The number of primary amides is 1. The monoisotopic (exact) mass is 405 g/mol. The van der Waals surface area contributed by atoms with E-state index in [4.69, 9.17) is 10.5 Å². The molecule has 0 spiro atoms. The zero-order valence-corrected chi connectivity index (χ0v) is 18.2. The van der Waals surface area contributed by atoms with Gasteiger partial charge in [-0.2, -0.15) is 0 Å². The van der Waals surface area contributed by atoms with Gasteiger partial charge in [-0.1, -0.05) is 33.4 Å². The van der Waals surface area contributed by atoms with Crippen LogP contribution in [0.3, 0.4) is 0 Å². The molecule has 1 unspecified atom stereocenters. The second-order valence-corrected chi connectivity index (χ2v) is 11.4. The number of amides is 2. The number of hydrogen-bond donors (Lipinski definition) is 1. The molecule has 1 aliphatic rings. The summed E-state index contributed by atoms with van der Waals surface area (Å²) in [5, 5.41) is 0.204. The summed E-state index contributed by atoms with van der Waals surface area (Å²) in [6.45, 7) is 9.06. The van der Waals surface area contributed by atoms with E-state index in [0.29, 0.717) is 17.5 Å². The Hall–Kier alpha value is -2.35. The van der Waals surface area contributed by atoms with Gasteiger partial charge in [-0.25, -0.2) is 0 Å². The topological polar surface area (TPSA) is 98.9 Å². The summed E-state index contributed by atoms with van der Waals surface area (Å²) >= 11 is 0. The van der Waals surface area contributed by atoms with Gasteiger partial charge in [0.2, 0.25) is 5.91 Å². The number of nitrogens with zero attached hydrogens (tertiary/aromatic N) is 1. The predicted molar refractivity (Wildman–Crippen MR) is 107 cm³/mol. The summed E-state index contributed by atoms with van der Waals surface area (Å²) in [5.41, 5.74) is 6.79. The average molecular weight is 406 g/mol. The summed E-state index contributed by atoms with van der Waals surface area (Å²) in [5.74, 6) is -0.691. The van der Waals surface area contributed by atoms with E-state index in [9.17, 15) is 14.4 Å². The van der Waals surface area contributed by atoms with Crippen molar-refractivity contribution in [2.75, 3.05) is 13.3 Å². The van der Waals surface area contributed by atoms with Crippen molar-refractivity contribution in [2.45, 2.75) is 57.8 Å².